The molecule has 0 saturated heterocycles. The van der Waals surface area contributed by atoms with Crippen LogP contribution in [0, 0.1) is 0 Å². The van der Waals surface area contributed by atoms with Crippen LogP contribution in [-0.2, 0) is 11.2 Å². The largest absolute Gasteiger partial charge is 0.325 e. The molecule has 1 heterocycles. The van der Waals surface area contributed by atoms with Crippen LogP contribution in [0.3, 0.4) is 0 Å². The number of hydrogen-bond donors (Lipinski definition) is 2. The number of aromatic amines is 1. The van der Waals surface area contributed by atoms with Gasteiger partial charge in [-0.25, -0.2) is 4.98 Å². The Bertz CT molecular complexity index is 1010. The Hall–Kier alpha value is -2.99. The number of nitrogens with one attached hydrogen (secondary N) is 2. The lowest BCUT2D eigenvalue weighted by Gasteiger charge is -2.23. The van der Waals surface area contributed by atoms with Crippen LogP contribution in [0.2, 0.25) is 0 Å². The molecule has 0 spiro atoms. The molecule has 0 aliphatic rings. The summed E-state index contributed by atoms with van der Waals surface area (Å²) in [5, 5.41) is 3.53. The molecular formula is C21H24N4O2. The van der Waals surface area contributed by atoms with Crippen molar-refractivity contribution in [1.82, 2.24) is 14.9 Å². The second kappa shape index (κ2) is 8.14. The maximum absolute atomic E-state index is 12.5. The summed E-state index contributed by atoms with van der Waals surface area (Å²) in [6.45, 7) is 4.16. The number of nitrogens with zero attached hydrogens (tertiary/aromatic N) is 2. The molecule has 0 fully saturated rings. The van der Waals surface area contributed by atoms with E-state index in [1.54, 1.807) is 6.07 Å². The number of aryl methyl sites for hydroxylation is 1. The summed E-state index contributed by atoms with van der Waals surface area (Å²) in [5.41, 5.74) is 2.42. The molecule has 3 aromatic rings. The van der Waals surface area contributed by atoms with E-state index in [1.807, 2.05) is 61.3 Å². The fourth-order valence-corrected chi connectivity index (χ4v) is 3.01. The lowest BCUT2D eigenvalue weighted by molar-refractivity contribution is -0.117. The van der Waals surface area contributed by atoms with Crippen molar-refractivity contribution in [2.45, 2.75) is 26.3 Å². The second-order valence-electron chi connectivity index (χ2n) is 6.62. The number of benzene rings is 2. The van der Waals surface area contributed by atoms with Gasteiger partial charge >= 0.3 is 0 Å². The number of carbonyl (C=O) groups is 1. The normalized spacial score (nSPS) is 12.3. The van der Waals surface area contributed by atoms with Crippen molar-refractivity contribution in [3.8, 4) is 0 Å². The van der Waals surface area contributed by atoms with Crippen LogP contribution in [0.4, 0.5) is 5.69 Å². The predicted molar refractivity (Wildman–Crippen MR) is 108 cm³/mol. The number of hydrogen-bond acceptors (Lipinski definition) is 4. The van der Waals surface area contributed by atoms with Crippen molar-refractivity contribution >= 4 is 22.5 Å². The fourth-order valence-electron chi connectivity index (χ4n) is 3.01. The number of H-pyrrole nitrogens is 1. The van der Waals surface area contributed by atoms with E-state index in [0.717, 1.165) is 17.7 Å². The SMILES string of the molecule is CCc1ccccc1NC(=O)CN(C)C(C)c1nc2ccccc2c(=O)[nH]1. The topological polar surface area (TPSA) is 78.1 Å². The summed E-state index contributed by atoms with van der Waals surface area (Å²) in [6, 6.07) is 14.8. The average molecular weight is 364 g/mol. The maximum atomic E-state index is 12.5. The van der Waals surface area contributed by atoms with Crippen LogP contribution in [0.25, 0.3) is 10.9 Å². The van der Waals surface area contributed by atoms with Crippen molar-refractivity contribution in [2.24, 2.45) is 0 Å². The lowest BCUT2D eigenvalue weighted by Crippen LogP contribution is -2.33. The summed E-state index contributed by atoms with van der Waals surface area (Å²) in [6.07, 6.45) is 0.852. The molecule has 2 N–H and O–H groups in total. The smallest absolute Gasteiger partial charge is 0.258 e. The van der Waals surface area contributed by atoms with E-state index in [9.17, 15) is 9.59 Å². The monoisotopic (exact) mass is 364 g/mol. The molecule has 2 aromatic carbocycles. The molecule has 0 aliphatic carbocycles. The molecule has 0 aliphatic heterocycles. The van der Waals surface area contributed by atoms with Crippen molar-refractivity contribution in [2.75, 3.05) is 18.9 Å². The third-order valence-electron chi connectivity index (χ3n) is 4.75. The second-order valence-corrected chi connectivity index (χ2v) is 6.62. The first-order valence-corrected chi connectivity index (χ1v) is 9.06. The van der Waals surface area contributed by atoms with E-state index < -0.39 is 0 Å². The van der Waals surface area contributed by atoms with Crippen LogP contribution in [-0.4, -0.2) is 34.4 Å². The zero-order valence-electron chi connectivity index (χ0n) is 15.8. The van der Waals surface area contributed by atoms with Gasteiger partial charge in [0.15, 0.2) is 0 Å². The highest BCUT2D eigenvalue weighted by Gasteiger charge is 2.18. The van der Waals surface area contributed by atoms with Gasteiger partial charge in [-0.1, -0.05) is 37.3 Å². The average Bonchev–Trinajstić information content (AvgIpc) is 2.67. The quantitative estimate of drug-likeness (QED) is 0.704. The van der Waals surface area contributed by atoms with Crippen molar-refractivity contribution in [3.05, 3.63) is 70.3 Å². The summed E-state index contributed by atoms with van der Waals surface area (Å²) in [5.74, 6) is 0.441. The van der Waals surface area contributed by atoms with Crippen LogP contribution in [0.5, 0.6) is 0 Å². The molecule has 1 aromatic heterocycles. The summed E-state index contributed by atoms with van der Waals surface area (Å²) in [4.78, 5) is 34.0. The Morgan fingerprint density at radius 3 is 2.67 bits per heavy atom. The molecule has 0 radical (unpaired) electrons. The van der Waals surface area contributed by atoms with E-state index >= 15 is 0 Å². The third-order valence-corrected chi connectivity index (χ3v) is 4.75. The van der Waals surface area contributed by atoms with Gasteiger partial charge in [0.1, 0.15) is 5.82 Å². The van der Waals surface area contributed by atoms with Crippen molar-refractivity contribution < 1.29 is 4.79 Å². The number of para-hydroxylation sites is 2. The van der Waals surface area contributed by atoms with E-state index in [0.29, 0.717) is 16.7 Å². The highest BCUT2D eigenvalue weighted by molar-refractivity contribution is 5.93. The minimum Gasteiger partial charge on any atom is -0.325 e. The van der Waals surface area contributed by atoms with Crippen molar-refractivity contribution in [1.29, 1.82) is 0 Å². The first-order chi connectivity index (χ1) is 13.0. The molecule has 1 amide bonds. The van der Waals surface area contributed by atoms with Gasteiger partial charge in [0.2, 0.25) is 5.91 Å². The van der Waals surface area contributed by atoms with Gasteiger partial charge in [-0.3, -0.25) is 14.5 Å². The van der Waals surface area contributed by atoms with Crippen LogP contribution in [0.15, 0.2) is 53.3 Å². The summed E-state index contributed by atoms with van der Waals surface area (Å²) in [7, 11) is 1.84. The Labute approximate surface area is 158 Å². The number of rotatable bonds is 6. The highest BCUT2D eigenvalue weighted by atomic mass is 16.2. The number of anilines is 1. The molecular weight excluding hydrogens is 340 g/mol. The van der Waals surface area contributed by atoms with E-state index in [1.165, 1.54) is 0 Å². The first kappa shape index (κ1) is 18.8. The van der Waals surface area contributed by atoms with E-state index in [4.69, 9.17) is 0 Å². The number of fused-ring (bicyclic) bond motifs is 1. The molecule has 140 valence electrons. The van der Waals surface area contributed by atoms with Gasteiger partial charge < -0.3 is 10.3 Å². The third kappa shape index (κ3) is 4.23. The number of carbonyl (C=O) groups excluding carboxylic acids is 1. The van der Waals surface area contributed by atoms with E-state index in [2.05, 4.69) is 22.2 Å². The molecule has 0 bridgehead atoms. The molecule has 6 heteroatoms. The maximum Gasteiger partial charge on any atom is 0.258 e. The Morgan fingerprint density at radius 1 is 1.19 bits per heavy atom. The number of aromatic nitrogens is 2. The molecule has 6 nitrogen and oxygen atoms in total. The highest BCUT2D eigenvalue weighted by Crippen LogP contribution is 2.18. The fraction of sp³-hybridized carbons (Fsp3) is 0.286. The minimum atomic E-state index is -0.213. The van der Waals surface area contributed by atoms with Crippen LogP contribution in [0.1, 0.15) is 31.3 Å². The Kier molecular flexibility index (Phi) is 5.66. The molecule has 0 saturated carbocycles. The van der Waals surface area contributed by atoms with Crippen LogP contribution >= 0.6 is 0 Å². The summed E-state index contributed by atoms with van der Waals surface area (Å²) >= 11 is 0. The predicted octanol–water partition coefficient (Wildman–Crippen LogP) is 3.12. The van der Waals surface area contributed by atoms with Crippen LogP contribution < -0.4 is 10.9 Å². The zero-order chi connectivity index (χ0) is 19.4. The van der Waals surface area contributed by atoms with Gasteiger partial charge in [-0.15, -0.1) is 0 Å². The lowest BCUT2D eigenvalue weighted by atomic mass is 10.1. The first-order valence-electron chi connectivity index (χ1n) is 9.06. The number of likely N-dealkylation sites (N-methyl/N-ethyl adjacent to an activating group) is 1. The van der Waals surface area contributed by atoms with Gasteiger partial charge in [-0.05, 0) is 44.2 Å². The Morgan fingerprint density at radius 2 is 1.89 bits per heavy atom. The molecule has 27 heavy (non-hydrogen) atoms. The van der Waals surface area contributed by atoms with Gasteiger partial charge in [0.05, 0.1) is 23.5 Å². The molecule has 1 unspecified atom stereocenters. The van der Waals surface area contributed by atoms with E-state index in [-0.39, 0.29) is 24.1 Å². The summed E-state index contributed by atoms with van der Waals surface area (Å²) < 4.78 is 0. The number of amides is 1. The van der Waals surface area contributed by atoms with Gasteiger partial charge in [0, 0.05) is 5.69 Å². The minimum absolute atomic E-state index is 0.103. The molecule has 3 rings (SSSR count). The molecule has 1 atom stereocenters. The zero-order valence-corrected chi connectivity index (χ0v) is 15.8. The van der Waals surface area contributed by atoms with Gasteiger partial charge in [0.25, 0.3) is 5.56 Å². The van der Waals surface area contributed by atoms with Crippen molar-refractivity contribution in [3.63, 3.8) is 0 Å². The standard InChI is InChI=1S/C21H24N4O2/c1-4-15-9-5-7-11-17(15)22-19(26)13-25(3)14(2)20-23-18-12-8-6-10-16(18)21(27)24-20/h5-12,14H,4,13H2,1-3H3,(H,22,26)(H,23,24,27). The Balaban J connectivity index is 1.73. The van der Waals surface area contributed by atoms with Gasteiger partial charge in [-0.2, -0.15) is 0 Å².